The van der Waals surface area contributed by atoms with Crippen LogP contribution in [0.4, 0.5) is 5.69 Å². The zero-order chi connectivity index (χ0) is 13.5. The van der Waals surface area contributed by atoms with Crippen molar-refractivity contribution in [3.05, 3.63) is 30.3 Å². The van der Waals surface area contributed by atoms with Crippen molar-refractivity contribution in [2.45, 2.75) is 19.8 Å². The molecule has 98 valence electrons. The summed E-state index contributed by atoms with van der Waals surface area (Å²) in [4.78, 5) is 22.4. The van der Waals surface area contributed by atoms with E-state index in [9.17, 15) is 9.59 Å². The van der Waals surface area contributed by atoms with Gasteiger partial charge in [-0.05, 0) is 18.1 Å². The Morgan fingerprint density at radius 1 is 1.28 bits per heavy atom. The minimum Gasteiger partial charge on any atom is -0.370 e. The molecular formula is C13H19N3O2. The van der Waals surface area contributed by atoms with Gasteiger partial charge in [0.1, 0.15) is 0 Å². The second kappa shape index (κ2) is 6.64. The molecule has 0 aliphatic rings. The monoisotopic (exact) mass is 249 g/mol. The summed E-state index contributed by atoms with van der Waals surface area (Å²) >= 11 is 0. The number of carbonyl (C=O) groups is 2. The summed E-state index contributed by atoms with van der Waals surface area (Å²) in [6.45, 7) is 1.83. The molecule has 1 rings (SSSR count). The van der Waals surface area contributed by atoms with Gasteiger partial charge < -0.3 is 5.73 Å². The van der Waals surface area contributed by atoms with E-state index < -0.39 is 0 Å². The Balaban J connectivity index is 2.43. The molecule has 18 heavy (non-hydrogen) atoms. The number of nitrogens with one attached hydrogen (secondary N) is 1. The fraction of sp³-hybridized carbons (Fsp3) is 0.385. The van der Waals surface area contributed by atoms with Crippen LogP contribution in [-0.4, -0.2) is 18.9 Å². The van der Waals surface area contributed by atoms with Crippen LogP contribution in [-0.2, 0) is 9.59 Å². The number of hydrogen-bond acceptors (Lipinski definition) is 3. The van der Waals surface area contributed by atoms with Crippen molar-refractivity contribution in [1.82, 2.24) is 5.43 Å². The summed E-state index contributed by atoms with van der Waals surface area (Å²) in [7, 11) is 1.77. The van der Waals surface area contributed by atoms with E-state index in [1.165, 1.54) is 0 Å². The minimum absolute atomic E-state index is 0.0494. The highest BCUT2D eigenvalue weighted by Gasteiger charge is 2.12. The smallest absolute Gasteiger partial charge is 0.238 e. The van der Waals surface area contributed by atoms with Crippen LogP contribution in [0.5, 0.6) is 0 Å². The fourth-order valence-corrected chi connectivity index (χ4v) is 1.68. The number of primary amides is 1. The number of hydrogen-bond donors (Lipinski definition) is 2. The molecule has 1 aromatic rings. The van der Waals surface area contributed by atoms with E-state index in [2.05, 4.69) is 5.43 Å². The first-order chi connectivity index (χ1) is 8.49. The van der Waals surface area contributed by atoms with Crippen LogP contribution >= 0.6 is 0 Å². The number of nitrogens with zero attached hydrogens (tertiary/aromatic N) is 1. The predicted octanol–water partition coefficient (Wildman–Crippen LogP) is 1.06. The Morgan fingerprint density at radius 2 is 1.89 bits per heavy atom. The average Bonchev–Trinajstić information content (AvgIpc) is 2.28. The number of para-hydroxylation sites is 1. The Morgan fingerprint density at radius 3 is 2.44 bits per heavy atom. The van der Waals surface area contributed by atoms with Gasteiger partial charge in [0.2, 0.25) is 11.8 Å². The van der Waals surface area contributed by atoms with Crippen molar-refractivity contribution in [3.8, 4) is 0 Å². The van der Waals surface area contributed by atoms with Crippen molar-refractivity contribution in [1.29, 1.82) is 0 Å². The number of carbonyl (C=O) groups excluding carboxylic acids is 2. The molecule has 0 saturated carbocycles. The van der Waals surface area contributed by atoms with Crippen LogP contribution < -0.4 is 16.2 Å². The van der Waals surface area contributed by atoms with Crippen LogP contribution in [0, 0.1) is 5.92 Å². The maximum Gasteiger partial charge on any atom is 0.238 e. The molecular weight excluding hydrogens is 230 g/mol. The zero-order valence-electron chi connectivity index (χ0n) is 10.7. The lowest BCUT2D eigenvalue weighted by atomic mass is 10.0. The summed E-state index contributed by atoms with van der Waals surface area (Å²) in [5.41, 5.74) is 8.72. The molecule has 0 spiro atoms. The van der Waals surface area contributed by atoms with E-state index in [0.717, 1.165) is 5.69 Å². The molecule has 0 radical (unpaired) electrons. The van der Waals surface area contributed by atoms with Crippen molar-refractivity contribution in [2.75, 3.05) is 12.1 Å². The first-order valence-electron chi connectivity index (χ1n) is 5.85. The number of rotatable bonds is 6. The molecule has 3 N–H and O–H groups in total. The molecule has 2 amide bonds. The molecule has 0 bridgehead atoms. The Labute approximate surface area is 107 Å². The van der Waals surface area contributed by atoms with Gasteiger partial charge in [-0.2, -0.15) is 0 Å². The van der Waals surface area contributed by atoms with E-state index in [4.69, 9.17) is 5.73 Å². The van der Waals surface area contributed by atoms with Crippen molar-refractivity contribution >= 4 is 17.5 Å². The first-order valence-corrected chi connectivity index (χ1v) is 5.85. The van der Waals surface area contributed by atoms with Crippen molar-refractivity contribution < 1.29 is 9.59 Å². The molecule has 0 heterocycles. The van der Waals surface area contributed by atoms with E-state index in [-0.39, 0.29) is 30.6 Å². The van der Waals surface area contributed by atoms with E-state index in [1.807, 2.05) is 37.3 Å². The molecule has 0 unspecified atom stereocenters. The first kappa shape index (κ1) is 14.0. The fourth-order valence-electron chi connectivity index (χ4n) is 1.68. The quantitative estimate of drug-likeness (QED) is 0.740. The molecule has 0 aromatic heterocycles. The van der Waals surface area contributed by atoms with Crippen LogP contribution in [0.1, 0.15) is 19.8 Å². The topological polar surface area (TPSA) is 75.4 Å². The summed E-state index contributed by atoms with van der Waals surface area (Å²) in [6, 6.07) is 9.50. The number of anilines is 1. The van der Waals surface area contributed by atoms with Crippen LogP contribution in [0.25, 0.3) is 0 Å². The third-order valence-electron chi connectivity index (χ3n) is 2.52. The number of hydrazine groups is 1. The second-order valence-electron chi connectivity index (χ2n) is 4.41. The molecule has 0 saturated heterocycles. The van der Waals surface area contributed by atoms with Gasteiger partial charge >= 0.3 is 0 Å². The van der Waals surface area contributed by atoms with Gasteiger partial charge in [0.25, 0.3) is 0 Å². The average molecular weight is 249 g/mol. The Hall–Kier alpha value is -2.04. The van der Waals surface area contributed by atoms with Crippen molar-refractivity contribution in [3.63, 3.8) is 0 Å². The molecule has 5 heteroatoms. The number of benzene rings is 1. The minimum atomic E-state index is -0.383. The third-order valence-corrected chi connectivity index (χ3v) is 2.52. The molecule has 0 aliphatic heterocycles. The summed E-state index contributed by atoms with van der Waals surface area (Å²) in [5, 5.41) is 1.65. The molecule has 0 fully saturated rings. The SMILES string of the molecule is C[C@H](CC(N)=O)CC(=O)NN(C)c1ccccc1. The summed E-state index contributed by atoms with van der Waals surface area (Å²) in [5.74, 6) is -0.562. The van der Waals surface area contributed by atoms with E-state index >= 15 is 0 Å². The third kappa shape index (κ3) is 4.86. The van der Waals surface area contributed by atoms with Crippen molar-refractivity contribution in [2.24, 2.45) is 11.7 Å². The van der Waals surface area contributed by atoms with Gasteiger partial charge in [-0.3, -0.25) is 20.0 Å². The molecule has 1 atom stereocenters. The number of amides is 2. The van der Waals surface area contributed by atoms with E-state index in [0.29, 0.717) is 0 Å². The molecule has 5 nitrogen and oxygen atoms in total. The van der Waals surface area contributed by atoms with Gasteiger partial charge in [0, 0.05) is 19.9 Å². The van der Waals surface area contributed by atoms with E-state index in [1.54, 1.807) is 12.1 Å². The highest BCUT2D eigenvalue weighted by atomic mass is 16.2. The maximum atomic E-state index is 11.7. The second-order valence-corrected chi connectivity index (χ2v) is 4.41. The van der Waals surface area contributed by atoms with Gasteiger partial charge in [-0.25, -0.2) is 0 Å². The van der Waals surface area contributed by atoms with Gasteiger partial charge in [0.05, 0.1) is 5.69 Å². The lowest BCUT2D eigenvalue weighted by Crippen LogP contribution is -2.40. The van der Waals surface area contributed by atoms with Crippen LogP contribution in [0.2, 0.25) is 0 Å². The molecule has 0 aliphatic carbocycles. The molecule has 1 aromatic carbocycles. The lowest BCUT2D eigenvalue weighted by Gasteiger charge is -2.21. The van der Waals surface area contributed by atoms with Gasteiger partial charge in [0.15, 0.2) is 0 Å². The Bertz CT molecular complexity index is 406. The summed E-state index contributed by atoms with van der Waals surface area (Å²) in [6.07, 6.45) is 0.503. The predicted molar refractivity (Wildman–Crippen MR) is 70.6 cm³/mol. The number of nitrogens with two attached hydrogens (primary N) is 1. The lowest BCUT2D eigenvalue weighted by molar-refractivity contribution is -0.122. The maximum absolute atomic E-state index is 11.7. The van der Waals surface area contributed by atoms with Crippen LogP contribution in [0.3, 0.4) is 0 Å². The van der Waals surface area contributed by atoms with Crippen LogP contribution in [0.15, 0.2) is 30.3 Å². The van der Waals surface area contributed by atoms with Gasteiger partial charge in [-0.1, -0.05) is 25.1 Å². The summed E-state index contributed by atoms with van der Waals surface area (Å²) < 4.78 is 0. The Kier molecular flexibility index (Phi) is 5.17. The highest BCUT2D eigenvalue weighted by Crippen LogP contribution is 2.10. The normalized spacial score (nSPS) is 11.7. The highest BCUT2D eigenvalue weighted by molar-refractivity contribution is 5.79. The zero-order valence-corrected chi connectivity index (χ0v) is 10.7. The van der Waals surface area contributed by atoms with Gasteiger partial charge in [-0.15, -0.1) is 0 Å². The largest absolute Gasteiger partial charge is 0.370 e. The standard InChI is InChI=1S/C13H19N3O2/c1-10(8-12(14)17)9-13(18)15-16(2)11-6-4-3-5-7-11/h3-7,10H,8-9H2,1-2H3,(H2,14,17)(H,15,18)/t10-/m1/s1.